The normalized spacial score (nSPS) is 11.7. The highest BCUT2D eigenvalue weighted by atomic mass is 32.2. The lowest BCUT2D eigenvalue weighted by Gasteiger charge is -2.17. The van der Waals surface area contributed by atoms with Crippen molar-refractivity contribution >= 4 is 57.7 Å². The van der Waals surface area contributed by atoms with Crippen LogP contribution in [-0.4, -0.2) is 29.8 Å². The molecule has 1 unspecified atom stereocenters. The third-order valence-corrected chi connectivity index (χ3v) is 9.17. The molecule has 3 amide bonds. The van der Waals surface area contributed by atoms with Gasteiger partial charge in [0.1, 0.15) is 22.5 Å². The number of carbonyl (C=O) groups is 3. The van der Waals surface area contributed by atoms with Gasteiger partial charge in [-0.05, 0) is 72.3 Å². The van der Waals surface area contributed by atoms with Crippen molar-refractivity contribution in [2.24, 2.45) is 0 Å². The predicted molar refractivity (Wildman–Crippen MR) is 193 cm³/mol. The number of amides is 3. The Hall–Kier alpha value is -5.91. The van der Waals surface area contributed by atoms with E-state index in [2.05, 4.69) is 20.9 Å². The molecule has 2 aromatic heterocycles. The van der Waals surface area contributed by atoms with Gasteiger partial charge in [-0.15, -0.1) is 23.1 Å². The number of thiazole rings is 1. The molecular weight excluding hydrogens is 657 g/mol. The van der Waals surface area contributed by atoms with Crippen LogP contribution in [-0.2, 0) is 9.59 Å². The Morgan fingerprint density at radius 1 is 0.857 bits per heavy atom. The zero-order valence-electron chi connectivity index (χ0n) is 26.2. The Labute approximate surface area is 291 Å². The van der Waals surface area contributed by atoms with Crippen LogP contribution in [0.15, 0.2) is 148 Å². The summed E-state index contributed by atoms with van der Waals surface area (Å²) in [6.45, 7) is 0. The number of furan rings is 1. The Morgan fingerprint density at radius 3 is 2.33 bits per heavy atom. The number of benzene rings is 4. The van der Waals surface area contributed by atoms with Crippen molar-refractivity contribution in [3.63, 3.8) is 0 Å². The topological polar surface area (TPSA) is 123 Å². The van der Waals surface area contributed by atoms with Crippen LogP contribution >= 0.6 is 23.1 Å². The largest absolute Gasteiger partial charge is 0.497 e. The van der Waals surface area contributed by atoms with E-state index in [4.69, 9.17) is 9.15 Å². The summed E-state index contributed by atoms with van der Waals surface area (Å²) in [6, 6.07) is 36.2. The molecule has 6 aromatic rings. The summed E-state index contributed by atoms with van der Waals surface area (Å²) in [6.07, 6.45) is 2.94. The number of methoxy groups -OCH3 is 1. The molecule has 244 valence electrons. The summed E-state index contributed by atoms with van der Waals surface area (Å²) in [7, 11) is 1.62. The lowest BCUT2D eigenvalue weighted by Crippen LogP contribution is -2.30. The van der Waals surface area contributed by atoms with Crippen molar-refractivity contribution in [1.29, 1.82) is 0 Å². The number of aromatic nitrogens is 1. The summed E-state index contributed by atoms with van der Waals surface area (Å²) >= 11 is 2.68. The second-order valence-corrected chi connectivity index (χ2v) is 12.6. The maximum Gasteiger partial charge on any atom is 0.272 e. The third-order valence-electron chi connectivity index (χ3n) is 7.16. The van der Waals surface area contributed by atoms with Gasteiger partial charge in [0, 0.05) is 33.2 Å². The number of carbonyl (C=O) groups excluding carboxylic acids is 3. The average molecular weight is 687 g/mol. The molecule has 6 rings (SSSR count). The van der Waals surface area contributed by atoms with Crippen LogP contribution in [0.5, 0.6) is 5.75 Å². The highest BCUT2D eigenvalue weighted by Crippen LogP contribution is 2.38. The van der Waals surface area contributed by atoms with Gasteiger partial charge in [0.15, 0.2) is 5.13 Å². The highest BCUT2D eigenvalue weighted by molar-refractivity contribution is 8.00. The Bertz CT molecular complexity index is 2060. The molecule has 4 aromatic carbocycles. The van der Waals surface area contributed by atoms with E-state index in [0.717, 1.165) is 27.5 Å². The maximum absolute atomic E-state index is 13.8. The first kappa shape index (κ1) is 33.0. The third kappa shape index (κ3) is 8.72. The molecule has 0 aliphatic heterocycles. The summed E-state index contributed by atoms with van der Waals surface area (Å²) in [5, 5.41) is 10.3. The van der Waals surface area contributed by atoms with Crippen LogP contribution in [0.2, 0.25) is 0 Å². The second-order valence-electron chi connectivity index (χ2n) is 10.5. The molecule has 0 fully saturated rings. The fourth-order valence-corrected chi connectivity index (χ4v) is 6.54. The van der Waals surface area contributed by atoms with E-state index in [1.54, 1.807) is 67.8 Å². The second kappa shape index (κ2) is 15.8. The molecule has 0 aliphatic rings. The van der Waals surface area contributed by atoms with Gasteiger partial charge in [0.2, 0.25) is 5.91 Å². The molecule has 0 bridgehead atoms. The fourth-order valence-electron chi connectivity index (χ4n) is 4.74. The first-order chi connectivity index (χ1) is 23.9. The van der Waals surface area contributed by atoms with Gasteiger partial charge in [-0.25, -0.2) is 4.98 Å². The van der Waals surface area contributed by atoms with Crippen LogP contribution in [0.3, 0.4) is 0 Å². The summed E-state index contributed by atoms with van der Waals surface area (Å²) < 4.78 is 10.6. The first-order valence-corrected chi connectivity index (χ1v) is 16.9. The lowest BCUT2D eigenvalue weighted by atomic mass is 10.1. The monoisotopic (exact) mass is 686 g/mol. The number of anilines is 2. The molecule has 9 nitrogen and oxygen atoms in total. The Kier molecular flexibility index (Phi) is 10.6. The van der Waals surface area contributed by atoms with E-state index in [0.29, 0.717) is 22.1 Å². The van der Waals surface area contributed by atoms with Gasteiger partial charge < -0.3 is 25.1 Å². The molecule has 0 aliphatic carbocycles. The molecule has 1 atom stereocenters. The van der Waals surface area contributed by atoms with Crippen molar-refractivity contribution in [2.45, 2.75) is 10.1 Å². The van der Waals surface area contributed by atoms with Crippen molar-refractivity contribution < 1.29 is 23.5 Å². The van der Waals surface area contributed by atoms with Crippen molar-refractivity contribution in [3.05, 3.63) is 156 Å². The molecule has 49 heavy (non-hydrogen) atoms. The maximum atomic E-state index is 13.8. The van der Waals surface area contributed by atoms with Crippen LogP contribution < -0.4 is 20.7 Å². The quantitative estimate of drug-likeness (QED) is 0.0875. The number of hydrogen-bond donors (Lipinski definition) is 3. The van der Waals surface area contributed by atoms with E-state index < -0.39 is 17.1 Å². The molecular formula is C38H30N4O5S2. The number of ether oxygens (including phenoxy) is 1. The van der Waals surface area contributed by atoms with Crippen LogP contribution in [0.4, 0.5) is 10.8 Å². The number of rotatable bonds is 12. The van der Waals surface area contributed by atoms with E-state index >= 15 is 0 Å². The minimum atomic E-state index is -0.625. The SMILES string of the molecule is COc1ccc(-c2csc(NC(=O)C(Sc3cccc(NC(=O)/C(=C/c4ccco4)NC(=O)c4ccccc4)c3)c3ccccc3)n2)cc1. The molecule has 0 spiro atoms. The smallest absolute Gasteiger partial charge is 0.272 e. The average Bonchev–Trinajstić information content (AvgIpc) is 3.84. The van der Waals surface area contributed by atoms with Crippen molar-refractivity contribution in [1.82, 2.24) is 10.3 Å². The molecule has 2 heterocycles. The minimum absolute atomic E-state index is 0.000793. The summed E-state index contributed by atoms with van der Waals surface area (Å²) in [5.41, 5.74) is 3.34. The van der Waals surface area contributed by atoms with Crippen LogP contribution in [0.1, 0.15) is 26.9 Å². The summed E-state index contributed by atoms with van der Waals surface area (Å²) in [5.74, 6) is -0.0773. The Balaban J connectivity index is 1.18. The zero-order valence-corrected chi connectivity index (χ0v) is 27.8. The molecule has 3 N–H and O–H groups in total. The van der Waals surface area contributed by atoms with E-state index in [-0.39, 0.29) is 11.6 Å². The molecule has 11 heteroatoms. The zero-order chi connectivity index (χ0) is 34.0. The summed E-state index contributed by atoms with van der Waals surface area (Å²) in [4.78, 5) is 45.6. The standard InChI is InChI=1S/C38H30N4O5S2/c1-46-29-19-17-25(18-20-29)33-24-48-38(41-33)42-37(45)34(26-10-4-2-5-11-26)49-31-16-8-14-28(22-31)39-36(44)32(23-30-15-9-21-47-30)40-35(43)27-12-6-3-7-13-27/h2-24,34H,1H3,(H,39,44)(H,40,43)(H,41,42,45)/b32-23-. The number of hydrogen-bond acceptors (Lipinski definition) is 8. The van der Waals surface area contributed by atoms with Crippen molar-refractivity contribution in [3.8, 4) is 17.0 Å². The number of nitrogens with one attached hydrogen (secondary N) is 3. The van der Waals surface area contributed by atoms with Gasteiger partial charge in [-0.1, -0.05) is 54.6 Å². The van der Waals surface area contributed by atoms with Crippen LogP contribution in [0.25, 0.3) is 17.3 Å². The first-order valence-electron chi connectivity index (χ1n) is 15.1. The number of thioether (sulfide) groups is 1. The van der Waals surface area contributed by atoms with Gasteiger partial charge in [-0.2, -0.15) is 0 Å². The highest BCUT2D eigenvalue weighted by Gasteiger charge is 2.24. The van der Waals surface area contributed by atoms with Crippen LogP contribution in [0, 0.1) is 0 Å². The Morgan fingerprint density at radius 2 is 1.61 bits per heavy atom. The molecule has 0 radical (unpaired) electrons. The minimum Gasteiger partial charge on any atom is -0.497 e. The van der Waals surface area contributed by atoms with Gasteiger partial charge in [-0.3, -0.25) is 14.4 Å². The molecule has 0 saturated heterocycles. The van der Waals surface area contributed by atoms with Crippen molar-refractivity contribution in [2.75, 3.05) is 17.7 Å². The fraction of sp³-hybridized carbons (Fsp3) is 0.0526. The predicted octanol–water partition coefficient (Wildman–Crippen LogP) is 8.29. The van der Waals surface area contributed by atoms with E-state index in [9.17, 15) is 14.4 Å². The van der Waals surface area contributed by atoms with E-state index in [1.807, 2.05) is 66.0 Å². The van der Waals surface area contributed by atoms with E-state index in [1.165, 1.54) is 35.4 Å². The van der Waals surface area contributed by atoms with Gasteiger partial charge in [0.05, 0.1) is 19.1 Å². The number of nitrogens with zero attached hydrogens (tertiary/aromatic N) is 1. The molecule has 0 saturated carbocycles. The lowest BCUT2D eigenvalue weighted by molar-refractivity contribution is -0.116. The van der Waals surface area contributed by atoms with Gasteiger partial charge in [0.25, 0.3) is 11.8 Å². The van der Waals surface area contributed by atoms with Gasteiger partial charge >= 0.3 is 0 Å².